The van der Waals surface area contributed by atoms with Crippen LogP contribution in [0.1, 0.15) is 60.3 Å². The van der Waals surface area contributed by atoms with E-state index in [1.807, 2.05) is 19.1 Å². The number of rotatable bonds is 4. The van der Waals surface area contributed by atoms with Gasteiger partial charge >= 0.3 is 5.97 Å². The SMILES string of the molecule is Cc1c(C(=O)O)cc2cccn2c1C(C)N1CCC(N2CCCC2)CC1. The fraction of sp³-hybridized carbons (Fsp3) is 0.571. The molecule has 2 aliphatic heterocycles. The molecule has 4 rings (SSSR count). The van der Waals surface area contributed by atoms with E-state index < -0.39 is 5.97 Å². The predicted molar refractivity (Wildman–Crippen MR) is 103 cm³/mol. The van der Waals surface area contributed by atoms with E-state index in [2.05, 4.69) is 27.3 Å². The zero-order valence-electron chi connectivity index (χ0n) is 15.8. The van der Waals surface area contributed by atoms with E-state index in [-0.39, 0.29) is 6.04 Å². The molecule has 1 unspecified atom stereocenters. The first-order valence-corrected chi connectivity index (χ1v) is 9.88. The minimum atomic E-state index is -0.840. The van der Waals surface area contributed by atoms with Crippen molar-refractivity contribution in [1.29, 1.82) is 0 Å². The Kier molecular flexibility index (Phi) is 4.76. The van der Waals surface area contributed by atoms with Crippen molar-refractivity contribution < 1.29 is 9.90 Å². The quantitative estimate of drug-likeness (QED) is 0.911. The molecule has 0 bridgehead atoms. The molecule has 0 amide bonds. The second kappa shape index (κ2) is 7.05. The molecule has 2 aromatic heterocycles. The lowest BCUT2D eigenvalue weighted by Gasteiger charge is -2.40. The second-order valence-electron chi connectivity index (χ2n) is 7.86. The number of aromatic nitrogens is 1. The number of nitrogens with zero attached hydrogens (tertiary/aromatic N) is 3. The van der Waals surface area contributed by atoms with E-state index in [4.69, 9.17) is 0 Å². The van der Waals surface area contributed by atoms with E-state index in [1.54, 1.807) is 6.07 Å². The van der Waals surface area contributed by atoms with Crippen LogP contribution in [0.25, 0.3) is 5.52 Å². The maximum atomic E-state index is 11.7. The summed E-state index contributed by atoms with van der Waals surface area (Å²) in [4.78, 5) is 16.9. The topological polar surface area (TPSA) is 48.2 Å². The first-order valence-electron chi connectivity index (χ1n) is 9.88. The standard InChI is InChI=1S/C21H29N3O2/c1-15-19(21(25)26)14-18-6-5-11-24(18)20(15)16(2)22-12-7-17(8-13-22)23-9-3-4-10-23/h5-6,11,14,16-17H,3-4,7-10,12-13H2,1-2H3,(H,25,26). The lowest BCUT2D eigenvalue weighted by molar-refractivity contribution is 0.0695. The Hall–Kier alpha value is -1.85. The van der Waals surface area contributed by atoms with Crippen LogP contribution in [-0.2, 0) is 0 Å². The maximum Gasteiger partial charge on any atom is 0.336 e. The van der Waals surface area contributed by atoms with Gasteiger partial charge < -0.3 is 14.4 Å². The highest BCUT2D eigenvalue weighted by molar-refractivity contribution is 5.91. The Morgan fingerprint density at radius 2 is 1.88 bits per heavy atom. The third-order valence-electron chi connectivity index (χ3n) is 6.45. The van der Waals surface area contributed by atoms with Crippen molar-refractivity contribution in [2.75, 3.05) is 26.2 Å². The smallest absolute Gasteiger partial charge is 0.336 e. The molecule has 1 atom stereocenters. The lowest BCUT2D eigenvalue weighted by atomic mass is 9.97. The Balaban J connectivity index is 1.58. The number of carbonyl (C=O) groups is 1. The van der Waals surface area contributed by atoms with Gasteiger partial charge in [0.2, 0.25) is 0 Å². The van der Waals surface area contributed by atoms with Gasteiger partial charge in [0.25, 0.3) is 0 Å². The molecule has 0 spiro atoms. The first-order chi connectivity index (χ1) is 12.6. The Labute approximate surface area is 155 Å². The summed E-state index contributed by atoms with van der Waals surface area (Å²) in [6.07, 6.45) is 7.19. The largest absolute Gasteiger partial charge is 0.478 e. The van der Waals surface area contributed by atoms with Gasteiger partial charge in [-0.25, -0.2) is 4.79 Å². The van der Waals surface area contributed by atoms with Crippen LogP contribution >= 0.6 is 0 Å². The molecular formula is C21H29N3O2. The minimum Gasteiger partial charge on any atom is -0.478 e. The minimum absolute atomic E-state index is 0.212. The molecule has 0 aliphatic carbocycles. The molecule has 2 aromatic rings. The molecule has 140 valence electrons. The summed E-state index contributed by atoms with van der Waals surface area (Å²) in [6, 6.07) is 6.72. The molecular weight excluding hydrogens is 326 g/mol. The lowest BCUT2D eigenvalue weighted by Crippen LogP contribution is -2.44. The number of carboxylic acids is 1. The Morgan fingerprint density at radius 3 is 2.54 bits per heavy atom. The highest BCUT2D eigenvalue weighted by Crippen LogP contribution is 2.31. The second-order valence-corrected chi connectivity index (χ2v) is 7.86. The summed E-state index contributed by atoms with van der Waals surface area (Å²) in [7, 11) is 0. The molecule has 0 saturated carbocycles. The normalized spacial score (nSPS) is 21.5. The average molecular weight is 355 g/mol. The summed E-state index contributed by atoms with van der Waals surface area (Å²) in [5, 5.41) is 9.61. The van der Waals surface area contributed by atoms with Crippen LogP contribution in [0.4, 0.5) is 0 Å². The van der Waals surface area contributed by atoms with Gasteiger partial charge in [-0.05, 0) is 76.4 Å². The van der Waals surface area contributed by atoms with Crippen molar-refractivity contribution in [2.45, 2.75) is 51.6 Å². The molecule has 1 N–H and O–H groups in total. The van der Waals surface area contributed by atoms with E-state index in [1.165, 1.54) is 38.8 Å². The summed E-state index contributed by atoms with van der Waals surface area (Å²) in [6.45, 7) is 8.88. The number of carboxylic acid groups (broad SMARTS) is 1. The predicted octanol–water partition coefficient (Wildman–Crippen LogP) is 3.57. The van der Waals surface area contributed by atoms with Gasteiger partial charge in [0.1, 0.15) is 0 Å². The molecule has 0 aromatic carbocycles. The fourth-order valence-corrected chi connectivity index (χ4v) is 4.96. The molecule has 5 heteroatoms. The summed E-state index contributed by atoms with van der Waals surface area (Å²) >= 11 is 0. The number of aromatic carboxylic acids is 1. The Bertz CT molecular complexity index is 799. The third-order valence-corrected chi connectivity index (χ3v) is 6.45. The van der Waals surface area contributed by atoms with Crippen LogP contribution in [0.3, 0.4) is 0 Å². The number of likely N-dealkylation sites (tertiary alicyclic amines) is 2. The van der Waals surface area contributed by atoms with Crippen LogP contribution in [-0.4, -0.2) is 57.5 Å². The van der Waals surface area contributed by atoms with Crippen molar-refractivity contribution >= 4 is 11.5 Å². The average Bonchev–Trinajstić information content (AvgIpc) is 3.32. The van der Waals surface area contributed by atoms with Gasteiger partial charge in [0.05, 0.1) is 5.56 Å². The van der Waals surface area contributed by atoms with Gasteiger partial charge in [0, 0.05) is 42.6 Å². The molecule has 2 fully saturated rings. The molecule has 2 aliphatic rings. The van der Waals surface area contributed by atoms with E-state index in [9.17, 15) is 9.90 Å². The summed E-state index contributed by atoms with van der Waals surface area (Å²) < 4.78 is 2.17. The summed E-state index contributed by atoms with van der Waals surface area (Å²) in [5.41, 5.74) is 3.38. The number of hydrogen-bond donors (Lipinski definition) is 1. The monoisotopic (exact) mass is 355 g/mol. The van der Waals surface area contributed by atoms with Gasteiger partial charge in [-0.1, -0.05) is 0 Å². The van der Waals surface area contributed by atoms with Crippen LogP contribution in [0, 0.1) is 6.92 Å². The zero-order chi connectivity index (χ0) is 18.3. The van der Waals surface area contributed by atoms with Gasteiger partial charge in [0.15, 0.2) is 0 Å². The van der Waals surface area contributed by atoms with Crippen LogP contribution in [0.2, 0.25) is 0 Å². The van der Waals surface area contributed by atoms with Crippen molar-refractivity contribution in [1.82, 2.24) is 14.2 Å². The maximum absolute atomic E-state index is 11.7. The number of pyridine rings is 1. The summed E-state index contributed by atoms with van der Waals surface area (Å²) in [5.74, 6) is -0.840. The van der Waals surface area contributed by atoms with Gasteiger partial charge in [-0.3, -0.25) is 4.90 Å². The van der Waals surface area contributed by atoms with Crippen LogP contribution in [0.15, 0.2) is 24.4 Å². The zero-order valence-corrected chi connectivity index (χ0v) is 15.8. The van der Waals surface area contributed by atoms with Crippen molar-refractivity contribution in [3.63, 3.8) is 0 Å². The molecule has 0 radical (unpaired) electrons. The fourth-order valence-electron chi connectivity index (χ4n) is 4.96. The Morgan fingerprint density at radius 1 is 1.19 bits per heavy atom. The van der Waals surface area contributed by atoms with Crippen LogP contribution < -0.4 is 0 Å². The van der Waals surface area contributed by atoms with Crippen LogP contribution in [0.5, 0.6) is 0 Å². The van der Waals surface area contributed by atoms with E-state index in [0.29, 0.717) is 5.56 Å². The van der Waals surface area contributed by atoms with E-state index >= 15 is 0 Å². The molecule has 26 heavy (non-hydrogen) atoms. The highest BCUT2D eigenvalue weighted by atomic mass is 16.4. The molecule has 4 heterocycles. The molecule has 5 nitrogen and oxygen atoms in total. The van der Waals surface area contributed by atoms with E-state index in [0.717, 1.165) is 35.9 Å². The van der Waals surface area contributed by atoms with Crippen molar-refractivity contribution in [2.24, 2.45) is 0 Å². The highest BCUT2D eigenvalue weighted by Gasteiger charge is 2.30. The first kappa shape index (κ1) is 17.6. The van der Waals surface area contributed by atoms with Gasteiger partial charge in [-0.2, -0.15) is 0 Å². The number of piperidine rings is 1. The van der Waals surface area contributed by atoms with Crippen molar-refractivity contribution in [3.05, 3.63) is 41.2 Å². The number of fused-ring (bicyclic) bond motifs is 1. The third kappa shape index (κ3) is 3.03. The van der Waals surface area contributed by atoms with Crippen molar-refractivity contribution in [3.8, 4) is 0 Å². The van der Waals surface area contributed by atoms with Gasteiger partial charge in [-0.15, -0.1) is 0 Å². The number of hydrogen-bond acceptors (Lipinski definition) is 3. The molecule has 2 saturated heterocycles.